The van der Waals surface area contributed by atoms with E-state index in [1.54, 1.807) is 0 Å². The monoisotopic (exact) mass is 332 g/mol. The van der Waals surface area contributed by atoms with Crippen LogP contribution in [0.2, 0.25) is 0 Å². The van der Waals surface area contributed by atoms with Crippen LogP contribution in [0.25, 0.3) is 0 Å². The van der Waals surface area contributed by atoms with Crippen molar-refractivity contribution in [3.8, 4) is 0 Å². The second-order valence-electron chi connectivity index (χ2n) is 8.00. The van der Waals surface area contributed by atoms with Crippen molar-refractivity contribution < 1.29 is 9.53 Å². The van der Waals surface area contributed by atoms with Crippen LogP contribution in [0, 0.1) is 17.8 Å². The van der Waals surface area contributed by atoms with Crippen LogP contribution in [0.1, 0.15) is 51.2 Å². The van der Waals surface area contributed by atoms with Crippen LogP contribution >= 0.6 is 0 Å². The van der Waals surface area contributed by atoms with Crippen molar-refractivity contribution in [1.82, 2.24) is 19.7 Å². The Morgan fingerprint density at radius 3 is 2.71 bits per heavy atom. The molecule has 0 saturated heterocycles. The molecule has 1 atom stereocenters. The zero-order chi connectivity index (χ0) is 16.7. The molecule has 0 N–H and O–H groups in total. The Morgan fingerprint density at radius 1 is 1.21 bits per heavy atom. The molecular weight excluding hydrogens is 304 g/mol. The molecule has 1 aromatic rings. The van der Waals surface area contributed by atoms with E-state index in [9.17, 15) is 4.79 Å². The number of fused-ring (bicyclic) bond motifs is 1. The standard InChI is InChI=1S/C18H28N4O2/c1-12-7-15(8-12)18(23)21-5-6-22-16(9-13(21)2)19-20-17(22)11-24-10-14-3-4-14/h12-15H,3-11H2,1-2H3. The van der Waals surface area contributed by atoms with Gasteiger partial charge >= 0.3 is 0 Å². The third kappa shape index (κ3) is 3.21. The Bertz CT molecular complexity index is 604. The highest BCUT2D eigenvalue weighted by molar-refractivity contribution is 5.80. The molecule has 2 aliphatic carbocycles. The average molecular weight is 332 g/mol. The van der Waals surface area contributed by atoms with E-state index in [0.717, 1.165) is 56.5 Å². The van der Waals surface area contributed by atoms with Gasteiger partial charge in [-0.1, -0.05) is 6.92 Å². The van der Waals surface area contributed by atoms with Crippen molar-refractivity contribution in [3.05, 3.63) is 11.6 Å². The minimum atomic E-state index is 0.194. The van der Waals surface area contributed by atoms with Crippen molar-refractivity contribution in [2.75, 3.05) is 13.2 Å². The minimum absolute atomic E-state index is 0.194. The average Bonchev–Trinajstić information content (AvgIpc) is 3.30. The number of ether oxygens (including phenoxy) is 1. The molecule has 1 amide bonds. The number of rotatable bonds is 5. The van der Waals surface area contributed by atoms with Crippen molar-refractivity contribution in [1.29, 1.82) is 0 Å². The van der Waals surface area contributed by atoms with Gasteiger partial charge < -0.3 is 14.2 Å². The molecule has 1 aromatic heterocycles. The summed E-state index contributed by atoms with van der Waals surface area (Å²) < 4.78 is 7.95. The van der Waals surface area contributed by atoms with Crippen LogP contribution in [0.5, 0.6) is 0 Å². The topological polar surface area (TPSA) is 60.2 Å². The molecule has 0 bridgehead atoms. The molecule has 6 heteroatoms. The lowest BCUT2D eigenvalue weighted by Crippen LogP contribution is -2.46. The lowest BCUT2D eigenvalue weighted by Gasteiger charge is -2.37. The Kier molecular flexibility index (Phi) is 4.33. The summed E-state index contributed by atoms with van der Waals surface area (Å²) >= 11 is 0. The van der Waals surface area contributed by atoms with Crippen LogP contribution in [0.3, 0.4) is 0 Å². The largest absolute Gasteiger partial charge is 0.373 e. The maximum absolute atomic E-state index is 12.8. The summed E-state index contributed by atoms with van der Waals surface area (Å²) in [5, 5.41) is 8.68. The molecule has 2 heterocycles. The number of amides is 1. The molecule has 4 rings (SSSR count). The first-order chi connectivity index (χ1) is 11.6. The summed E-state index contributed by atoms with van der Waals surface area (Å²) in [6, 6.07) is 0.194. The fourth-order valence-corrected chi connectivity index (χ4v) is 3.96. The molecule has 0 radical (unpaired) electrons. The fourth-order valence-electron chi connectivity index (χ4n) is 3.96. The normalized spacial score (nSPS) is 29.8. The van der Waals surface area contributed by atoms with E-state index in [1.165, 1.54) is 12.8 Å². The minimum Gasteiger partial charge on any atom is -0.373 e. The van der Waals surface area contributed by atoms with Gasteiger partial charge in [0, 0.05) is 38.1 Å². The summed E-state index contributed by atoms with van der Waals surface area (Å²) in [5.41, 5.74) is 0. The van der Waals surface area contributed by atoms with Crippen LogP contribution < -0.4 is 0 Å². The smallest absolute Gasteiger partial charge is 0.226 e. The zero-order valence-corrected chi connectivity index (χ0v) is 14.8. The number of nitrogens with zero attached hydrogens (tertiary/aromatic N) is 4. The molecule has 2 saturated carbocycles. The van der Waals surface area contributed by atoms with E-state index < -0.39 is 0 Å². The first-order valence-electron chi connectivity index (χ1n) is 9.41. The fraction of sp³-hybridized carbons (Fsp3) is 0.833. The van der Waals surface area contributed by atoms with Gasteiger partial charge in [0.05, 0.1) is 0 Å². The number of carbonyl (C=O) groups is 1. The van der Waals surface area contributed by atoms with E-state index in [1.807, 2.05) is 0 Å². The first-order valence-corrected chi connectivity index (χ1v) is 9.41. The van der Waals surface area contributed by atoms with Gasteiger partial charge in [0.25, 0.3) is 0 Å². The molecule has 6 nitrogen and oxygen atoms in total. The number of hydrogen-bond acceptors (Lipinski definition) is 4. The van der Waals surface area contributed by atoms with Gasteiger partial charge in [-0.05, 0) is 44.4 Å². The second-order valence-corrected chi connectivity index (χ2v) is 8.00. The van der Waals surface area contributed by atoms with Gasteiger partial charge in [-0.2, -0.15) is 0 Å². The van der Waals surface area contributed by atoms with E-state index in [0.29, 0.717) is 18.4 Å². The van der Waals surface area contributed by atoms with Gasteiger partial charge in [-0.25, -0.2) is 0 Å². The molecule has 0 aromatic carbocycles. The molecule has 1 unspecified atom stereocenters. The Balaban J connectivity index is 1.39. The highest BCUT2D eigenvalue weighted by atomic mass is 16.5. The van der Waals surface area contributed by atoms with Gasteiger partial charge in [0.15, 0.2) is 5.82 Å². The zero-order valence-electron chi connectivity index (χ0n) is 14.8. The molecule has 132 valence electrons. The lowest BCUT2D eigenvalue weighted by atomic mass is 9.75. The van der Waals surface area contributed by atoms with Gasteiger partial charge in [-0.15, -0.1) is 10.2 Å². The molecule has 1 aliphatic heterocycles. The van der Waals surface area contributed by atoms with E-state index >= 15 is 0 Å². The van der Waals surface area contributed by atoms with Crippen LogP contribution in [-0.4, -0.2) is 44.8 Å². The highest BCUT2D eigenvalue weighted by Crippen LogP contribution is 2.35. The SMILES string of the molecule is CC1CC(C(=O)N2CCn3c(COCC4CC4)nnc3CC2C)C1. The quantitative estimate of drug-likeness (QED) is 0.828. The van der Waals surface area contributed by atoms with Crippen LogP contribution in [-0.2, 0) is 29.1 Å². The van der Waals surface area contributed by atoms with Crippen molar-refractivity contribution >= 4 is 5.91 Å². The molecular formula is C18H28N4O2. The Morgan fingerprint density at radius 2 is 2.00 bits per heavy atom. The molecule has 2 fully saturated rings. The second kappa shape index (κ2) is 6.47. The molecule has 0 spiro atoms. The van der Waals surface area contributed by atoms with Crippen molar-refractivity contribution in [2.45, 2.75) is 65.1 Å². The van der Waals surface area contributed by atoms with Crippen LogP contribution in [0.4, 0.5) is 0 Å². The van der Waals surface area contributed by atoms with Crippen molar-refractivity contribution in [2.24, 2.45) is 17.8 Å². The number of aromatic nitrogens is 3. The number of carbonyl (C=O) groups excluding carboxylic acids is 1. The van der Waals surface area contributed by atoms with Gasteiger partial charge in [0.2, 0.25) is 5.91 Å². The lowest BCUT2D eigenvalue weighted by molar-refractivity contribution is -0.141. The maximum Gasteiger partial charge on any atom is 0.226 e. The van der Waals surface area contributed by atoms with E-state index in [2.05, 4.69) is 33.5 Å². The summed E-state index contributed by atoms with van der Waals surface area (Å²) in [5.74, 6) is 3.94. The maximum atomic E-state index is 12.8. The van der Waals surface area contributed by atoms with Crippen molar-refractivity contribution in [3.63, 3.8) is 0 Å². The Hall–Kier alpha value is -1.43. The van der Waals surface area contributed by atoms with Gasteiger partial charge in [0.1, 0.15) is 12.4 Å². The summed E-state index contributed by atoms with van der Waals surface area (Å²) in [4.78, 5) is 14.8. The third-order valence-electron chi connectivity index (χ3n) is 5.77. The summed E-state index contributed by atoms with van der Waals surface area (Å²) in [6.45, 7) is 7.27. The Labute approximate surface area is 143 Å². The molecule has 3 aliphatic rings. The van der Waals surface area contributed by atoms with E-state index in [4.69, 9.17) is 4.74 Å². The molecule has 24 heavy (non-hydrogen) atoms. The summed E-state index contributed by atoms with van der Waals surface area (Å²) in [6.07, 6.45) is 5.48. The van der Waals surface area contributed by atoms with Crippen LogP contribution in [0.15, 0.2) is 0 Å². The third-order valence-corrected chi connectivity index (χ3v) is 5.77. The highest BCUT2D eigenvalue weighted by Gasteiger charge is 2.37. The number of hydrogen-bond donors (Lipinski definition) is 0. The predicted octanol–water partition coefficient (Wildman–Crippen LogP) is 2.02. The van der Waals surface area contributed by atoms with E-state index in [-0.39, 0.29) is 12.0 Å². The predicted molar refractivity (Wildman–Crippen MR) is 89.2 cm³/mol. The van der Waals surface area contributed by atoms with Gasteiger partial charge in [-0.3, -0.25) is 4.79 Å². The summed E-state index contributed by atoms with van der Waals surface area (Å²) in [7, 11) is 0. The first kappa shape index (κ1) is 16.1.